The molecule has 0 amide bonds. The molecule has 0 aliphatic carbocycles. The van der Waals surface area contributed by atoms with Crippen molar-refractivity contribution < 1.29 is 15.0 Å². The lowest BCUT2D eigenvalue weighted by Crippen LogP contribution is -2.36. The van der Waals surface area contributed by atoms with E-state index < -0.39 is 18.1 Å². The van der Waals surface area contributed by atoms with E-state index in [1.807, 2.05) is 4.90 Å². The predicted octanol–water partition coefficient (Wildman–Crippen LogP) is 4.99. The molecule has 0 radical (unpaired) electrons. The second-order valence-electron chi connectivity index (χ2n) is 7.83. The molecule has 1 saturated heterocycles. The molecule has 1 unspecified atom stereocenters. The third-order valence-corrected chi connectivity index (χ3v) is 5.47. The van der Waals surface area contributed by atoms with Crippen molar-refractivity contribution in [3.63, 3.8) is 0 Å². The molecule has 0 aromatic rings. The number of aliphatic hydroxyl groups excluding tert-OH is 1. The van der Waals surface area contributed by atoms with E-state index in [9.17, 15) is 9.90 Å². The van der Waals surface area contributed by atoms with Gasteiger partial charge in [-0.05, 0) is 13.0 Å². The minimum absolute atomic E-state index is 0.383. The molecule has 2 N–H and O–H groups in total. The van der Waals surface area contributed by atoms with Crippen LogP contribution < -0.4 is 0 Å². The van der Waals surface area contributed by atoms with Gasteiger partial charge in [0.05, 0.1) is 6.10 Å². The van der Waals surface area contributed by atoms with Crippen molar-refractivity contribution in [3.05, 3.63) is 0 Å². The zero-order valence-corrected chi connectivity index (χ0v) is 16.4. The zero-order chi connectivity index (χ0) is 18.3. The average Bonchev–Trinajstić information content (AvgIpc) is 2.96. The normalized spacial score (nSPS) is 21.0. The molecule has 1 heterocycles. The van der Waals surface area contributed by atoms with Crippen LogP contribution in [0.1, 0.15) is 103 Å². The van der Waals surface area contributed by atoms with E-state index in [-0.39, 0.29) is 0 Å². The largest absolute Gasteiger partial charge is 0.480 e. The first-order valence-corrected chi connectivity index (χ1v) is 10.8. The highest BCUT2D eigenvalue weighted by Crippen LogP contribution is 2.19. The zero-order valence-electron chi connectivity index (χ0n) is 16.4. The van der Waals surface area contributed by atoms with Gasteiger partial charge in [0.15, 0.2) is 0 Å². The number of nitrogens with zero attached hydrogens (tertiary/aromatic N) is 1. The Morgan fingerprint density at radius 2 is 1.28 bits per heavy atom. The van der Waals surface area contributed by atoms with Crippen LogP contribution in [0.4, 0.5) is 0 Å². The number of β-amino-alcohol motifs (C(OH)–C–C–N with tert-alkyl or cyclic N) is 1. The topological polar surface area (TPSA) is 60.8 Å². The van der Waals surface area contributed by atoms with Crippen LogP contribution in [-0.4, -0.2) is 46.3 Å². The Labute approximate surface area is 155 Å². The highest BCUT2D eigenvalue weighted by molar-refractivity contribution is 5.74. The van der Waals surface area contributed by atoms with Crippen LogP contribution in [0.5, 0.6) is 0 Å². The number of unbranched alkanes of at least 4 members (excludes halogenated alkanes) is 13. The van der Waals surface area contributed by atoms with Gasteiger partial charge in [-0.25, -0.2) is 0 Å². The van der Waals surface area contributed by atoms with E-state index in [1.165, 1.54) is 83.5 Å². The van der Waals surface area contributed by atoms with Gasteiger partial charge in [-0.2, -0.15) is 0 Å². The van der Waals surface area contributed by atoms with Crippen molar-refractivity contribution in [3.8, 4) is 0 Å². The molecule has 2 atom stereocenters. The summed E-state index contributed by atoms with van der Waals surface area (Å²) in [4.78, 5) is 13.1. The number of carbonyl (C=O) groups is 1. The monoisotopic (exact) mass is 355 g/mol. The molecule has 0 saturated carbocycles. The highest BCUT2D eigenvalue weighted by Gasteiger charge is 2.35. The lowest BCUT2D eigenvalue weighted by molar-refractivity contribution is -0.142. The summed E-state index contributed by atoms with van der Waals surface area (Å²) in [5, 5.41) is 18.8. The molecule has 1 fully saturated rings. The van der Waals surface area contributed by atoms with Crippen LogP contribution >= 0.6 is 0 Å². The van der Waals surface area contributed by atoms with Gasteiger partial charge in [0.2, 0.25) is 0 Å². The molecule has 1 aliphatic rings. The molecule has 4 heteroatoms. The summed E-state index contributed by atoms with van der Waals surface area (Å²) < 4.78 is 0. The number of aliphatic carboxylic acids is 1. The second-order valence-corrected chi connectivity index (χ2v) is 7.83. The first-order valence-electron chi connectivity index (χ1n) is 10.8. The van der Waals surface area contributed by atoms with Gasteiger partial charge >= 0.3 is 5.97 Å². The van der Waals surface area contributed by atoms with Crippen molar-refractivity contribution in [2.24, 2.45) is 0 Å². The summed E-state index contributed by atoms with van der Waals surface area (Å²) >= 11 is 0. The van der Waals surface area contributed by atoms with Gasteiger partial charge in [-0.15, -0.1) is 0 Å². The standard InChI is InChI=1S/C21H41NO3/c1-2-3-4-5-6-7-8-9-10-11-12-13-14-15-16-22-18-19(23)17-20(22)21(24)25/h19-20,23H,2-18H2,1H3,(H,24,25)/t19?,20-/m0/s1. The predicted molar refractivity (Wildman–Crippen MR) is 104 cm³/mol. The first kappa shape index (κ1) is 22.4. The summed E-state index contributed by atoms with van der Waals surface area (Å²) in [5.74, 6) is -0.790. The molecule has 0 aromatic carbocycles. The molecule has 1 rings (SSSR count). The summed E-state index contributed by atoms with van der Waals surface area (Å²) in [6.07, 6.45) is 18.6. The van der Waals surface area contributed by atoms with Crippen LogP contribution in [0.25, 0.3) is 0 Å². The van der Waals surface area contributed by atoms with E-state index in [4.69, 9.17) is 5.11 Å². The number of carboxylic acids is 1. The van der Waals surface area contributed by atoms with Crippen LogP contribution in [-0.2, 0) is 4.79 Å². The number of likely N-dealkylation sites (tertiary alicyclic amines) is 1. The van der Waals surface area contributed by atoms with Gasteiger partial charge in [0, 0.05) is 13.0 Å². The molecule has 0 aromatic heterocycles. The Morgan fingerprint density at radius 1 is 0.840 bits per heavy atom. The maximum atomic E-state index is 11.2. The van der Waals surface area contributed by atoms with Gasteiger partial charge in [0.25, 0.3) is 0 Å². The summed E-state index contributed by atoms with van der Waals surface area (Å²) in [6.45, 7) is 3.60. The number of carboxylic acid groups (broad SMARTS) is 1. The summed E-state index contributed by atoms with van der Waals surface area (Å²) in [6, 6.07) is -0.475. The molecule has 0 spiro atoms. The maximum absolute atomic E-state index is 11.2. The number of hydrogen-bond acceptors (Lipinski definition) is 3. The summed E-state index contributed by atoms with van der Waals surface area (Å²) in [7, 11) is 0. The molecule has 148 valence electrons. The molecule has 0 bridgehead atoms. The third-order valence-electron chi connectivity index (χ3n) is 5.47. The van der Waals surface area contributed by atoms with Crippen LogP contribution in [0, 0.1) is 0 Å². The average molecular weight is 356 g/mol. The molecular weight excluding hydrogens is 314 g/mol. The Kier molecular flexibility index (Phi) is 13.1. The lowest BCUT2D eigenvalue weighted by Gasteiger charge is -2.20. The van der Waals surface area contributed by atoms with Gasteiger partial charge in [-0.3, -0.25) is 9.69 Å². The van der Waals surface area contributed by atoms with E-state index in [1.54, 1.807) is 0 Å². The molecule has 25 heavy (non-hydrogen) atoms. The fourth-order valence-electron chi connectivity index (χ4n) is 3.89. The van der Waals surface area contributed by atoms with Crippen molar-refractivity contribution in [1.29, 1.82) is 0 Å². The fraction of sp³-hybridized carbons (Fsp3) is 0.952. The highest BCUT2D eigenvalue weighted by atomic mass is 16.4. The van der Waals surface area contributed by atoms with Gasteiger partial charge < -0.3 is 10.2 Å². The SMILES string of the molecule is CCCCCCCCCCCCCCCCN1CC(O)C[C@H]1C(=O)O. The molecule has 4 nitrogen and oxygen atoms in total. The third kappa shape index (κ3) is 10.9. The smallest absolute Gasteiger partial charge is 0.321 e. The van der Waals surface area contributed by atoms with E-state index in [2.05, 4.69) is 6.92 Å². The number of hydrogen-bond donors (Lipinski definition) is 2. The minimum Gasteiger partial charge on any atom is -0.480 e. The van der Waals surface area contributed by atoms with E-state index in [0.717, 1.165) is 13.0 Å². The Bertz CT molecular complexity index is 335. The van der Waals surface area contributed by atoms with Gasteiger partial charge in [-0.1, -0.05) is 90.4 Å². The van der Waals surface area contributed by atoms with E-state index in [0.29, 0.717) is 13.0 Å². The number of aliphatic hydroxyl groups is 1. The quantitative estimate of drug-likeness (QED) is 0.383. The van der Waals surface area contributed by atoms with Crippen molar-refractivity contribution >= 4 is 5.97 Å². The molecule has 1 aliphatic heterocycles. The molecular formula is C21H41NO3. The fourth-order valence-corrected chi connectivity index (χ4v) is 3.89. The maximum Gasteiger partial charge on any atom is 0.321 e. The second kappa shape index (κ2) is 14.5. The lowest BCUT2D eigenvalue weighted by atomic mass is 10.0. The Hall–Kier alpha value is -0.610. The van der Waals surface area contributed by atoms with E-state index >= 15 is 0 Å². The number of rotatable bonds is 16. The van der Waals surface area contributed by atoms with Crippen molar-refractivity contribution in [1.82, 2.24) is 4.90 Å². The van der Waals surface area contributed by atoms with Gasteiger partial charge in [0.1, 0.15) is 6.04 Å². The van der Waals surface area contributed by atoms with Crippen LogP contribution in [0.15, 0.2) is 0 Å². The Balaban J connectivity index is 1.84. The summed E-state index contributed by atoms with van der Waals surface area (Å²) in [5.41, 5.74) is 0. The minimum atomic E-state index is -0.790. The Morgan fingerprint density at radius 3 is 1.72 bits per heavy atom. The first-order chi connectivity index (χ1) is 12.1. The van der Waals surface area contributed by atoms with Crippen LogP contribution in [0.2, 0.25) is 0 Å². The van der Waals surface area contributed by atoms with Crippen LogP contribution in [0.3, 0.4) is 0 Å². The van der Waals surface area contributed by atoms with Crippen molar-refractivity contribution in [2.75, 3.05) is 13.1 Å². The van der Waals surface area contributed by atoms with Crippen molar-refractivity contribution in [2.45, 2.75) is 115 Å².